The molecule has 0 fully saturated rings. The number of carbonyl (C=O) groups is 2. The molecule has 0 aliphatic heterocycles. The van der Waals surface area contributed by atoms with Gasteiger partial charge < -0.3 is 10.2 Å². The lowest BCUT2D eigenvalue weighted by Gasteiger charge is -2.22. The Morgan fingerprint density at radius 3 is 2.44 bits per heavy atom. The van der Waals surface area contributed by atoms with Gasteiger partial charge in [0.1, 0.15) is 5.82 Å². The molecule has 0 saturated heterocycles. The number of anilines is 1. The molecule has 0 heterocycles. The average molecular weight is 494 g/mol. The summed E-state index contributed by atoms with van der Waals surface area (Å²) >= 11 is 1.83. The third-order valence-electron chi connectivity index (χ3n) is 3.65. The molecule has 2 rings (SSSR count). The van der Waals surface area contributed by atoms with E-state index in [-0.39, 0.29) is 18.7 Å². The van der Waals surface area contributed by atoms with E-state index in [4.69, 9.17) is 0 Å². The van der Waals surface area contributed by atoms with E-state index in [9.17, 15) is 27.2 Å². The summed E-state index contributed by atoms with van der Waals surface area (Å²) in [5.74, 6) is -2.86. The first-order chi connectivity index (χ1) is 12.6. The van der Waals surface area contributed by atoms with Crippen LogP contribution in [0.2, 0.25) is 0 Å². The van der Waals surface area contributed by atoms with Gasteiger partial charge in [-0.1, -0.05) is 12.1 Å². The topological polar surface area (TPSA) is 49.4 Å². The highest BCUT2D eigenvalue weighted by atomic mass is 127. The molecule has 0 saturated carbocycles. The van der Waals surface area contributed by atoms with Gasteiger partial charge in [0.25, 0.3) is 5.91 Å². The van der Waals surface area contributed by atoms with Gasteiger partial charge in [0.05, 0.1) is 5.56 Å². The van der Waals surface area contributed by atoms with Crippen LogP contribution in [0.25, 0.3) is 0 Å². The molecule has 1 N–H and O–H groups in total. The molecule has 2 aromatic carbocycles. The highest BCUT2D eigenvalue weighted by Gasteiger charge is 2.41. The third-order valence-corrected chi connectivity index (χ3v) is 4.54. The maximum atomic E-state index is 13.1. The van der Waals surface area contributed by atoms with Crippen molar-refractivity contribution in [2.24, 2.45) is 0 Å². The molecule has 144 valence electrons. The number of carbonyl (C=O) groups excluding carboxylic acids is 2. The van der Waals surface area contributed by atoms with Gasteiger partial charge in [0.2, 0.25) is 0 Å². The SMILES string of the molecule is CCN(Cc1cccc(NC(=O)c2ccc(F)cc2I)c1)C(=O)C(F)(F)F. The number of nitrogens with one attached hydrogen (secondary N) is 1. The quantitative estimate of drug-likeness (QED) is 0.489. The summed E-state index contributed by atoms with van der Waals surface area (Å²) in [7, 11) is 0. The summed E-state index contributed by atoms with van der Waals surface area (Å²) < 4.78 is 51.4. The van der Waals surface area contributed by atoms with Crippen LogP contribution >= 0.6 is 22.6 Å². The Labute approximate surface area is 166 Å². The fourth-order valence-corrected chi connectivity index (χ4v) is 3.07. The van der Waals surface area contributed by atoms with Crippen molar-refractivity contribution in [1.82, 2.24) is 4.90 Å². The number of rotatable bonds is 5. The summed E-state index contributed by atoms with van der Waals surface area (Å²) in [5, 5.41) is 2.62. The predicted octanol–water partition coefficient (Wildman–Crippen LogP) is 4.59. The van der Waals surface area contributed by atoms with Crippen LogP contribution < -0.4 is 5.32 Å². The van der Waals surface area contributed by atoms with E-state index < -0.39 is 23.8 Å². The number of nitrogens with zero attached hydrogens (tertiary/aromatic N) is 1. The molecule has 0 spiro atoms. The van der Waals surface area contributed by atoms with Gasteiger partial charge in [-0.3, -0.25) is 9.59 Å². The zero-order chi connectivity index (χ0) is 20.2. The summed E-state index contributed by atoms with van der Waals surface area (Å²) in [5.41, 5.74) is 1.05. The van der Waals surface area contributed by atoms with Crippen molar-refractivity contribution in [2.45, 2.75) is 19.6 Å². The van der Waals surface area contributed by atoms with Gasteiger partial charge in [-0.15, -0.1) is 0 Å². The van der Waals surface area contributed by atoms with Crippen LogP contribution in [0.4, 0.5) is 23.2 Å². The second-order valence-corrected chi connectivity index (χ2v) is 6.76. The summed E-state index contributed by atoms with van der Waals surface area (Å²) in [4.78, 5) is 24.4. The van der Waals surface area contributed by atoms with Crippen LogP contribution in [0.1, 0.15) is 22.8 Å². The lowest BCUT2D eigenvalue weighted by Crippen LogP contribution is -2.40. The first-order valence-electron chi connectivity index (χ1n) is 7.83. The number of hydrogen-bond acceptors (Lipinski definition) is 2. The molecule has 4 nitrogen and oxygen atoms in total. The van der Waals surface area contributed by atoms with E-state index in [1.165, 1.54) is 25.1 Å². The maximum Gasteiger partial charge on any atom is 0.471 e. The van der Waals surface area contributed by atoms with Crippen LogP contribution in [0, 0.1) is 9.39 Å². The predicted molar refractivity (Wildman–Crippen MR) is 101 cm³/mol. The third kappa shape index (κ3) is 5.65. The second-order valence-electron chi connectivity index (χ2n) is 5.60. The van der Waals surface area contributed by atoms with E-state index in [0.29, 0.717) is 19.7 Å². The van der Waals surface area contributed by atoms with E-state index in [1.54, 1.807) is 18.2 Å². The van der Waals surface area contributed by atoms with E-state index in [0.717, 1.165) is 6.07 Å². The Bertz CT molecular complexity index is 855. The highest BCUT2D eigenvalue weighted by Crippen LogP contribution is 2.21. The minimum absolute atomic E-state index is 0.108. The Balaban J connectivity index is 2.15. The first-order valence-corrected chi connectivity index (χ1v) is 8.91. The zero-order valence-electron chi connectivity index (χ0n) is 14.1. The van der Waals surface area contributed by atoms with Gasteiger partial charge in [-0.2, -0.15) is 13.2 Å². The smallest absolute Gasteiger partial charge is 0.331 e. The van der Waals surface area contributed by atoms with E-state index in [2.05, 4.69) is 5.32 Å². The number of halogens is 5. The van der Waals surface area contributed by atoms with E-state index in [1.807, 2.05) is 22.6 Å². The molecule has 0 aliphatic rings. The molecule has 2 amide bonds. The van der Waals surface area contributed by atoms with Crippen LogP contribution in [0.3, 0.4) is 0 Å². The maximum absolute atomic E-state index is 13.1. The second kappa shape index (κ2) is 8.68. The summed E-state index contributed by atoms with van der Waals surface area (Å²) in [6.07, 6.45) is -4.94. The minimum atomic E-state index is -4.94. The number of amides is 2. The molecule has 9 heteroatoms. The van der Waals surface area contributed by atoms with Crippen molar-refractivity contribution in [2.75, 3.05) is 11.9 Å². The molecule has 0 bridgehead atoms. The Morgan fingerprint density at radius 2 is 1.85 bits per heavy atom. The average Bonchev–Trinajstić information content (AvgIpc) is 2.58. The lowest BCUT2D eigenvalue weighted by molar-refractivity contribution is -0.185. The summed E-state index contributed by atoms with van der Waals surface area (Å²) in [6, 6.07) is 9.90. The Morgan fingerprint density at radius 1 is 1.15 bits per heavy atom. The van der Waals surface area contributed by atoms with Crippen molar-refractivity contribution in [3.63, 3.8) is 0 Å². The molecular formula is C18H15F4IN2O2. The molecular weight excluding hydrogens is 479 g/mol. The molecule has 2 aromatic rings. The number of alkyl halides is 3. The van der Waals surface area contributed by atoms with Gasteiger partial charge >= 0.3 is 12.1 Å². The molecule has 0 radical (unpaired) electrons. The number of hydrogen-bond donors (Lipinski definition) is 1. The van der Waals surface area contributed by atoms with Gasteiger partial charge in [-0.25, -0.2) is 4.39 Å². The Hall–Kier alpha value is -2.17. The van der Waals surface area contributed by atoms with Gasteiger partial charge in [0, 0.05) is 22.3 Å². The largest absolute Gasteiger partial charge is 0.471 e. The van der Waals surface area contributed by atoms with Crippen molar-refractivity contribution < 1.29 is 27.2 Å². The molecule has 0 unspecified atom stereocenters. The van der Waals surface area contributed by atoms with Gasteiger partial charge in [-0.05, 0) is 65.4 Å². The fourth-order valence-electron chi connectivity index (χ4n) is 2.35. The van der Waals surface area contributed by atoms with Crippen LogP contribution in [0.5, 0.6) is 0 Å². The van der Waals surface area contributed by atoms with Crippen LogP contribution in [0.15, 0.2) is 42.5 Å². The normalized spacial score (nSPS) is 11.2. The van der Waals surface area contributed by atoms with Crippen LogP contribution in [-0.4, -0.2) is 29.4 Å². The fraction of sp³-hybridized carbons (Fsp3) is 0.222. The standard InChI is InChI=1S/C18H15F4IN2O2/c1-2-25(17(27)18(20,21)22)10-11-4-3-5-13(8-11)24-16(26)14-7-6-12(19)9-15(14)23/h3-9H,2,10H2,1H3,(H,24,26). The Kier molecular flexibility index (Phi) is 6.79. The van der Waals surface area contributed by atoms with Crippen molar-refractivity contribution in [3.05, 3.63) is 63.0 Å². The van der Waals surface area contributed by atoms with Gasteiger partial charge in [0.15, 0.2) is 0 Å². The molecule has 0 atom stereocenters. The monoisotopic (exact) mass is 494 g/mol. The van der Waals surface area contributed by atoms with E-state index >= 15 is 0 Å². The number of benzene rings is 2. The van der Waals surface area contributed by atoms with Crippen LogP contribution in [-0.2, 0) is 11.3 Å². The summed E-state index contributed by atoms with van der Waals surface area (Å²) in [6.45, 7) is 1.10. The highest BCUT2D eigenvalue weighted by molar-refractivity contribution is 14.1. The lowest BCUT2D eigenvalue weighted by atomic mass is 10.1. The van der Waals surface area contributed by atoms with Crippen molar-refractivity contribution in [3.8, 4) is 0 Å². The zero-order valence-corrected chi connectivity index (χ0v) is 16.3. The molecule has 0 aromatic heterocycles. The van der Waals surface area contributed by atoms with Crippen molar-refractivity contribution in [1.29, 1.82) is 0 Å². The first kappa shape index (κ1) is 21.1. The minimum Gasteiger partial charge on any atom is -0.331 e. The molecule has 27 heavy (non-hydrogen) atoms. The molecule has 0 aliphatic carbocycles. The van der Waals surface area contributed by atoms with Crippen molar-refractivity contribution >= 4 is 40.1 Å².